The lowest BCUT2D eigenvalue weighted by molar-refractivity contribution is 0.102. The highest BCUT2D eigenvalue weighted by atomic mass is 35.5. The highest BCUT2D eigenvalue weighted by Crippen LogP contribution is 2.26. The lowest BCUT2D eigenvalue weighted by Gasteiger charge is -2.06. The highest BCUT2D eigenvalue weighted by molar-refractivity contribution is 7.13. The van der Waals surface area contributed by atoms with Crippen LogP contribution < -0.4 is 5.32 Å². The van der Waals surface area contributed by atoms with Gasteiger partial charge >= 0.3 is 0 Å². The van der Waals surface area contributed by atoms with E-state index < -0.39 is 0 Å². The molecule has 1 aromatic carbocycles. The third-order valence-electron chi connectivity index (χ3n) is 2.92. The zero-order valence-corrected chi connectivity index (χ0v) is 12.5. The van der Waals surface area contributed by atoms with Crippen LogP contribution in [0.5, 0.6) is 0 Å². The molecule has 0 saturated heterocycles. The van der Waals surface area contributed by atoms with Crippen molar-refractivity contribution in [2.45, 2.75) is 0 Å². The fourth-order valence-corrected chi connectivity index (χ4v) is 2.74. The Labute approximate surface area is 131 Å². The van der Waals surface area contributed by atoms with Crippen LogP contribution in [0.2, 0.25) is 5.15 Å². The van der Waals surface area contributed by atoms with Gasteiger partial charge in [0.15, 0.2) is 0 Å². The molecule has 21 heavy (non-hydrogen) atoms. The number of benzene rings is 1. The molecule has 3 aromatic rings. The van der Waals surface area contributed by atoms with Gasteiger partial charge in [-0.1, -0.05) is 29.8 Å². The minimum atomic E-state index is -0.206. The highest BCUT2D eigenvalue weighted by Gasteiger charge is 2.07. The molecule has 0 atom stereocenters. The van der Waals surface area contributed by atoms with E-state index in [4.69, 9.17) is 11.6 Å². The summed E-state index contributed by atoms with van der Waals surface area (Å²) in [6.07, 6.45) is 1.46. The van der Waals surface area contributed by atoms with Gasteiger partial charge in [-0.25, -0.2) is 4.98 Å². The Morgan fingerprint density at radius 1 is 1.14 bits per heavy atom. The zero-order valence-electron chi connectivity index (χ0n) is 10.9. The second kappa shape index (κ2) is 6.08. The third-order valence-corrected chi connectivity index (χ3v) is 4.06. The maximum absolute atomic E-state index is 12.1. The average molecular weight is 315 g/mol. The van der Waals surface area contributed by atoms with Crippen molar-refractivity contribution in [1.82, 2.24) is 4.98 Å². The molecule has 0 aliphatic rings. The van der Waals surface area contributed by atoms with E-state index in [9.17, 15) is 4.79 Å². The van der Waals surface area contributed by atoms with E-state index >= 15 is 0 Å². The first-order chi connectivity index (χ1) is 10.2. The van der Waals surface area contributed by atoms with Crippen molar-refractivity contribution < 1.29 is 4.79 Å². The Kier molecular flexibility index (Phi) is 3.99. The van der Waals surface area contributed by atoms with Crippen LogP contribution in [0.15, 0.2) is 60.1 Å². The summed E-state index contributed by atoms with van der Waals surface area (Å²) in [5.41, 5.74) is 2.30. The Bertz CT molecular complexity index is 754. The largest absolute Gasteiger partial charge is 0.322 e. The van der Waals surface area contributed by atoms with Crippen LogP contribution in [0.3, 0.4) is 0 Å². The van der Waals surface area contributed by atoms with Crippen LogP contribution >= 0.6 is 22.9 Å². The standard InChI is InChI=1S/C16H11ClN2OS/c17-15-7-6-12(10-18-15)16(20)19-13-4-1-3-11(9-13)14-5-2-8-21-14/h1-10H,(H,19,20). The monoisotopic (exact) mass is 314 g/mol. The second-order valence-corrected chi connectivity index (χ2v) is 5.72. The number of carbonyl (C=O) groups is 1. The van der Waals surface area contributed by atoms with Gasteiger partial charge in [0.1, 0.15) is 5.15 Å². The topological polar surface area (TPSA) is 42.0 Å². The number of anilines is 1. The van der Waals surface area contributed by atoms with Gasteiger partial charge in [-0.15, -0.1) is 11.3 Å². The van der Waals surface area contributed by atoms with E-state index in [0.717, 1.165) is 11.3 Å². The van der Waals surface area contributed by atoms with Gasteiger partial charge in [0.2, 0.25) is 0 Å². The lowest BCUT2D eigenvalue weighted by Crippen LogP contribution is -2.12. The maximum atomic E-state index is 12.1. The fourth-order valence-electron chi connectivity index (χ4n) is 1.91. The molecule has 0 saturated carbocycles. The Balaban J connectivity index is 1.80. The summed E-state index contributed by atoms with van der Waals surface area (Å²) < 4.78 is 0. The molecule has 0 fully saturated rings. The van der Waals surface area contributed by atoms with Crippen LogP contribution in [0.1, 0.15) is 10.4 Å². The van der Waals surface area contributed by atoms with Gasteiger partial charge in [0.05, 0.1) is 5.56 Å². The summed E-state index contributed by atoms with van der Waals surface area (Å²) in [6, 6.07) is 15.0. The molecule has 5 heteroatoms. The summed E-state index contributed by atoms with van der Waals surface area (Å²) in [6.45, 7) is 0. The predicted molar refractivity (Wildman–Crippen MR) is 87.0 cm³/mol. The quantitative estimate of drug-likeness (QED) is 0.711. The first-order valence-corrected chi connectivity index (χ1v) is 7.55. The number of halogens is 1. The number of hydrogen-bond acceptors (Lipinski definition) is 3. The minimum Gasteiger partial charge on any atom is -0.322 e. The molecule has 3 nitrogen and oxygen atoms in total. The zero-order chi connectivity index (χ0) is 14.7. The molecule has 104 valence electrons. The van der Waals surface area contributed by atoms with Crippen LogP contribution in [0.25, 0.3) is 10.4 Å². The normalized spacial score (nSPS) is 10.3. The van der Waals surface area contributed by atoms with Crippen molar-refractivity contribution in [3.63, 3.8) is 0 Å². The van der Waals surface area contributed by atoms with Gasteiger partial charge < -0.3 is 5.32 Å². The van der Waals surface area contributed by atoms with Gasteiger partial charge in [-0.05, 0) is 41.3 Å². The van der Waals surface area contributed by atoms with Crippen molar-refractivity contribution in [1.29, 1.82) is 0 Å². The van der Waals surface area contributed by atoms with E-state index in [1.165, 1.54) is 11.1 Å². The van der Waals surface area contributed by atoms with Crippen LogP contribution in [-0.2, 0) is 0 Å². The number of carbonyl (C=O) groups excluding carboxylic acids is 1. The SMILES string of the molecule is O=C(Nc1cccc(-c2cccs2)c1)c1ccc(Cl)nc1. The van der Waals surface area contributed by atoms with Gasteiger partial charge in [0.25, 0.3) is 5.91 Å². The van der Waals surface area contributed by atoms with Crippen molar-refractivity contribution in [2.24, 2.45) is 0 Å². The maximum Gasteiger partial charge on any atom is 0.257 e. The smallest absolute Gasteiger partial charge is 0.257 e. The first kappa shape index (κ1) is 13.8. The molecular weight excluding hydrogens is 304 g/mol. The van der Waals surface area contributed by atoms with E-state index in [1.54, 1.807) is 23.5 Å². The molecule has 1 N–H and O–H groups in total. The number of hydrogen-bond donors (Lipinski definition) is 1. The number of nitrogens with zero attached hydrogens (tertiary/aromatic N) is 1. The second-order valence-electron chi connectivity index (χ2n) is 4.38. The van der Waals surface area contributed by atoms with E-state index in [2.05, 4.69) is 16.4 Å². The molecule has 0 unspecified atom stereocenters. The minimum absolute atomic E-state index is 0.206. The molecule has 3 rings (SSSR count). The average Bonchev–Trinajstić information content (AvgIpc) is 3.02. The molecular formula is C16H11ClN2OS. The summed E-state index contributed by atoms with van der Waals surface area (Å²) in [5, 5.41) is 5.26. The van der Waals surface area contributed by atoms with Crippen LogP contribution in [0, 0.1) is 0 Å². The predicted octanol–water partition coefficient (Wildman–Crippen LogP) is 4.72. The summed E-state index contributed by atoms with van der Waals surface area (Å²) in [4.78, 5) is 17.2. The van der Waals surface area contributed by atoms with E-state index in [1.807, 2.05) is 35.7 Å². The van der Waals surface area contributed by atoms with Gasteiger partial charge in [-0.3, -0.25) is 4.79 Å². The number of thiophene rings is 1. The fraction of sp³-hybridized carbons (Fsp3) is 0. The Hall–Kier alpha value is -2.17. The van der Waals surface area contributed by atoms with Crippen LogP contribution in [0.4, 0.5) is 5.69 Å². The number of rotatable bonds is 3. The molecule has 2 aromatic heterocycles. The van der Waals surface area contributed by atoms with E-state index in [-0.39, 0.29) is 5.91 Å². The number of amides is 1. The number of aromatic nitrogens is 1. The van der Waals surface area contributed by atoms with Gasteiger partial charge in [-0.2, -0.15) is 0 Å². The van der Waals surface area contributed by atoms with Gasteiger partial charge in [0, 0.05) is 16.8 Å². The summed E-state index contributed by atoms with van der Waals surface area (Å²) in [7, 11) is 0. The Morgan fingerprint density at radius 3 is 2.76 bits per heavy atom. The lowest BCUT2D eigenvalue weighted by atomic mass is 10.1. The Morgan fingerprint density at radius 2 is 2.05 bits per heavy atom. The van der Waals surface area contributed by atoms with E-state index in [0.29, 0.717) is 10.7 Å². The number of nitrogens with one attached hydrogen (secondary N) is 1. The van der Waals surface area contributed by atoms with Crippen molar-refractivity contribution >= 4 is 34.5 Å². The molecule has 0 radical (unpaired) electrons. The van der Waals surface area contributed by atoms with Crippen molar-refractivity contribution in [3.05, 3.63) is 70.8 Å². The number of pyridine rings is 1. The molecule has 0 spiro atoms. The molecule has 2 heterocycles. The first-order valence-electron chi connectivity index (χ1n) is 6.29. The van der Waals surface area contributed by atoms with Crippen molar-refractivity contribution in [3.8, 4) is 10.4 Å². The summed E-state index contributed by atoms with van der Waals surface area (Å²) in [5.74, 6) is -0.206. The summed E-state index contributed by atoms with van der Waals surface area (Å²) >= 11 is 7.38. The molecule has 0 aliphatic carbocycles. The molecule has 0 bridgehead atoms. The third kappa shape index (κ3) is 3.29. The molecule has 1 amide bonds. The van der Waals surface area contributed by atoms with Crippen LogP contribution in [-0.4, -0.2) is 10.9 Å². The molecule has 0 aliphatic heterocycles. The van der Waals surface area contributed by atoms with Crippen molar-refractivity contribution in [2.75, 3.05) is 5.32 Å².